The van der Waals surface area contributed by atoms with Crippen molar-refractivity contribution in [3.05, 3.63) is 0 Å². The van der Waals surface area contributed by atoms with Gasteiger partial charge < -0.3 is 14.1 Å². The van der Waals surface area contributed by atoms with E-state index in [2.05, 4.69) is 52.6 Å². The van der Waals surface area contributed by atoms with Crippen LogP contribution < -0.4 is 0 Å². The maximum absolute atomic E-state index is 13.1. The molecule has 0 saturated heterocycles. The average molecular weight is 626 g/mol. The maximum Gasteiger partial charge on any atom is 0.222 e. The van der Waals surface area contributed by atoms with Crippen molar-refractivity contribution in [1.29, 1.82) is 0 Å². The van der Waals surface area contributed by atoms with Crippen LogP contribution in [0.2, 0.25) is 18.1 Å². The van der Waals surface area contributed by atoms with Gasteiger partial charge in [-0.05, 0) is 31.0 Å². The molecular weight excluding hydrogens is 547 g/mol. The highest BCUT2D eigenvalue weighted by Crippen LogP contribution is 2.36. The van der Waals surface area contributed by atoms with Crippen LogP contribution in [0.15, 0.2) is 0 Å². The summed E-state index contributed by atoms with van der Waals surface area (Å²) in [5.74, 6) is 0.333. The topological polar surface area (TPSA) is 38.8 Å². The number of rotatable bonds is 32. The Morgan fingerprint density at radius 1 is 0.535 bits per heavy atom. The van der Waals surface area contributed by atoms with Gasteiger partial charge in [-0.3, -0.25) is 4.79 Å². The Morgan fingerprint density at radius 2 is 0.930 bits per heavy atom. The van der Waals surface area contributed by atoms with Gasteiger partial charge in [-0.2, -0.15) is 0 Å². The Morgan fingerprint density at radius 3 is 1.35 bits per heavy atom. The van der Waals surface area contributed by atoms with E-state index in [0.29, 0.717) is 32.1 Å². The third-order valence-electron chi connectivity index (χ3n) is 9.63. The quantitative estimate of drug-likeness (QED) is 0.0551. The van der Waals surface area contributed by atoms with Crippen molar-refractivity contribution in [3.8, 4) is 0 Å². The van der Waals surface area contributed by atoms with Gasteiger partial charge in [0.15, 0.2) is 8.32 Å². The summed E-state index contributed by atoms with van der Waals surface area (Å²) in [6.45, 7) is 19.5. The lowest BCUT2D eigenvalue weighted by atomic mass is 10.0. The molecule has 43 heavy (non-hydrogen) atoms. The van der Waals surface area contributed by atoms with Crippen molar-refractivity contribution in [1.82, 2.24) is 4.90 Å². The van der Waals surface area contributed by atoms with Crippen LogP contribution in [0.1, 0.15) is 189 Å². The van der Waals surface area contributed by atoms with Crippen molar-refractivity contribution in [2.45, 2.75) is 207 Å². The molecule has 0 aliphatic carbocycles. The molecule has 0 aliphatic rings. The first kappa shape index (κ1) is 42.6. The lowest BCUT2D eigenvalue weighted by Crippen LogP contribution is -2.41. The fraction of sp³-hybridized carbons (Fsp3) is 0.974. The largest absolute Gasteiger partial charge is 0.414 e. The summed E-state index contributed by atoms with van der Waals surface area (Å²) in [5, 5.41) is 0.221. The maximum atomic E-state index is 13.1. The van der Waals surface area contributed by atoms with Gasteiger partial charge in [0.25, 0.3) is 0 Å². The van der Waals surface area contributed by atoms with Crippen LogP contribution in [0.25, 0.3) is 0 Å². The standard InChI is InChI=1S/C38H79NO3Si/c1-8-10-12-14-16-18-20-22-24-26-28-30-32-39(33-34-41-35-36-42-43(6,7)38(3,4)5)37(40)31-29-27-25-23-21-19-17-15-13-11-9-2/h8-36H2,1-7H3. The minimum Gasteiger partial charge on any atom is -0.414 e. The second kappa shape index (κ2) is 29.0. The third-order valence-corrected chi connectivity index (χ3v) is 14.2. The molecule has 0 heterocycles. The van der Waals surface area contributed by atoms with Gasteiger partial charge in [-0.15, -0.1) is 0 Å². The van der Waals surface area contributed by atoms with Gasteiger partial charge in [0, 0.05) is 19.5 Å². The summed E-state index contributed by atoms with van der Waals surface area (Å²) in [6, 6.07) is 0. The molecule has 0 radical (unpaired) electrons. The van der Waals surface area contributed by atoms with E-state index in [-0.39, 0.29) is 5.04 Å². The van der Waals surface area contributed by atoms with Gasteiger partial charge in [-0.1, -0.05) is 169 Å². The van der Waals surface area contributed by atoms with Crippen LogP contribution in [0.5, 0.6) is 0 Å². The molecule has 0 aliphatic heterocycles. The molecule has 0 saturated carbocycles. The lowest BCUT2D eigenvalue weighted by Gasteiger charge is -2.36. The summed E-state index contributed by atoms with van der Waals surface area (Å²) in [5.41, 5.74) is 0. The van der Waals surface area contributed by atoms with Crippen molar-refractivity contribution in [2.24, 2.45) is 0 Å². The number of unbranched alkanes of at least 4 members (excludes halogenated alkanes) is 21. The molecule has 0 N–H and O–H groups in total. The monoisotopic (exact) mass is 626 g/mol. The molecule has 0 aromatic rings. The number of hydrogen-bond donors (Lipinski definition) is 0. The normalized spacial score (nSPS) is 12.3. The minimum absolute atomic E-state index is 0.221. The molecule has 0 atom stereocenters. The second-order valence-electron chi connectivity index (χ2n) is 14.8. The highest BCUT2D eigenvalue weighted by atomic mass is 28.4. The van der Waals surface area contributed by atoms with Gasteiger partial charge in [0.05, 0.1) is 19.8 Å². The molecule has 0 rings (SSSR count). The molecule has 0 spiro atoms. The van der Waals surface area contributed by atoms with E-state index in [0.717, 1.165) is 25.9 Å². The van der Waals surface area contributed by atoms with Crippen LogP contribution >= 0.6 is 0 Å². The number of carbonyl (C=O) groups is 1. The fourth-order valence-electron chi connectivity index (χ4n) is 5.45. The number of carbonyl (C=O) groups excluding carboxylic acids is 1. The average Bonchev–Trinajstić information content (AvgIpc) is 2.96. The van der Waals surface area contributed by atoms with E-state index >= 15 is 0 Å². The predicted molar refractivity (Wildman–Crippen MR) is 193 cm³/mol. The Labute approximate surface area is 272 Å². The van der Waals surface area contributed by atoms with Crippen LogP contribution in [0.3, 0.4) is 0 Å². The lowest BCUT2D eigenvalue weighted by molar-refractivity contribution is -0.132. The van der Waals surface area contributed by atoms with Gasteiger partial charge in [-0.25, -0.2) is 0 Å². The Kier molecular flexibility index (Phi) is 28.8. The van der Waals surface area contributed by atoms with Crippen LogP contribution in [-0.2, 0) is 14.0 Å². The van der Waals surface area contributed by atoms with Crippen LogP contribution in [-0.4, -0.2) is 52.0 Å². The molecule has 5 heteroatoms. The van der Waals surface area contributed by atoms with E-state index < -0.39 is 8.32 Å². The molecule has 0 aromatic heterocycles. The van der Waals surface area contributed by atoms with E-state index in [1.165, 1.54) is 135 Å². The van der Waals surface area contributed by atoms with Gasteiger partial charge in [0.2, 0.25) is 5.91 Å². The van der Waals surface area contributed by atoms with Crippen LogP contribution in [0.4, 0.5) is 0 Å². The summed E-state index contributed by atoms with van der Waals surface area (Å²) < 4.78 is 12.2. The van der Waals surface area contributed by atoms with Crippen molar-refractivity contribution in [2.75, 3.05) is 32.9 Å². The Hall–Kier alpha value is -0.393. The van der Waals surface area contributed by atoms with Gasteiger partial charge in [0.1, 0.15) is 0 Å². The zero-order chi connectivity index (χ0) is 32.1. The van der Waals surface area contributed by atoms with Crippen molar-refractivity contribution in [3.63, 3.8) is 0 Å². The van der Waals surface area contributed by atoms with Crippen LogP contribution in [0, 0.1) is 0 Å². The molecule has 0 fully saturated rings. The van der Waals surface area contributed by atoms with Crippen molar-refractivity contribution < 1.29 is 14.0 Å². The third kappa shape index (κ3) is 26.5. The Balaban J connectivity index is 4.24. The molecule has 0 aromatic carbocycles. The molecule has 4 nitrogen and oxygen atoms in total. The second-order valence-corrected chi connectivity index (χ2v) is 19.6. The highest BCUT2D eigenvalue weighted by Gasteiger charge is 2.36. The van der Waals surface area contributed by atoms with E-state index in [1.807, 2.05) is 0 Å². The number of amides is 1. The highest BCUT2D eigenvalue weighted by molar-refractivity contribution is 6.74. The summed E-state index contributed by atoms with van der Waals surface area (Å²) in [4.78, 5) is 15.2. The van der Waals surface area contributed by atoms with Gasteiger partial charge >= 0.3 is 0 Å². The molecule has 0 unspecified atom stereocenters. The SMILES string of the molecule is CCCCCCCCCCCCCCN(CCOCCO[Si](C)(C)C(C)(C)C)C(=O)CCCCCCCCCCCCC. The minimum atomic E-state index is -1.73. The molecular formula is C38H79NO3Si. The number of ether oxygens (including phenoxy) is 1. The van der Waals surface area contributed by atoms with E-state index in [9.17, 15) is 4.79 Å². The molecule has 258 valence electrons. The number of hydrogen-bond acceptors (Lipinski definition) is 3. The van der Waals surface area contributed by atoms with E-state index in [1.54, 1.807) is 0 Å². The fourth-order valence-corrected chi connectivity index (χ4v) is 6.48. The van der Waals surface area contributed by atoms with E-state index in [4.69, 9.17) is 9.16 Å². The molecule has 1 amide bonds. The summed E-state index contributed by atoms with van der Waals surface area (Å²) >= 11 is 0. The zero-order valence-corrected chi connectivity index (χ0v) is 31.7. The molecule has 0 bridgehead atoms. The number of nitrogens with zero attached hydrogens (tertiary/aromatic N) is 1. The summed E-state index contributed by atoms with van der Waals surface area (Å²) in [7, 11) is -1.73. The Bertz CT molecular complexity index is 604. The van der Waals surface area contributed by atoms with Crippen molar-refractivity contribution >= 4 is 14.2 Å². The first-order valence-electron chi connectivity index (χ1n) is 19.1. The summed E-state index contributed by atoms with van der Waals surface area (Å²) in [6.07, 6.45) is 31.4. The predicted octanol–water partition coefficient (Wildman–Crippen LogP) is 12.3. The smallest absolute Gasteiger partial charge is 0.222 e. The first-order valence-corrected chi connectivity index (χ1v) is 22.1. The zero-order valence-electron chi connectivity index (χ0n) is 30.7. The first-order chi connectivity index (χ1) is 20.7.